The third-order valence-corrected chi connectivity index (χ3v) is 2.91. The highest BCUT2D eigenvalue weighted by molar-refractivity contribution is 7.91. The summed E-state index contributed by atoms with van der Waals surface area (Å²) < 4.78 is 43.9. The summed E-state index contributed by atoms with van der Waals surface area (Å²) in [6.45, 7) is 0. The third-order valence-electron chi connectivity index (χ3n) is 1.19. The van der Waals surface area contributed by atoms with E-state index in [0.29, 0.717) is 0 Å². The standard InChI is InChI=1S/C5H7N3O4S2/c1-13(9,10)4-6-3-7-5(8-4)14(2,11)12/h3H,1-2H3. The molecule has 1 rings (SSSR count). The van der Waals surface area contributed by atoms with Gasteiger partial charge in [-0.2, -0.15) is 4.98 Å². The summed E-state index contributed by atoms with van der Waals surface area (Å²) in [7, 11) is -7.22. The van der Waals surface area contributed by atoms with Crippen LogP contribution in [0, 0.1) is 0 Å². The van der Waals surface area contributed by atoms with Gasteiger partial charge in [0.15, 0.2) is 0 Å². The van der Waals surface area contributed by atoms with Crippen LogP contribution >= 0.6 is 0 Å². The van der Waals surface area contributed by atoms with Crippen molar-refractivity contribution in [3.8, 4) is 0 Å². The molecule has 7 nitrogen and oxygen atoms in total. The van der Waals surface area contributed by atoms with E-state index in [0.717, 1.165) is 18.8 Å². The van der Waals surface area contributed by atoms with Gasteiger partial charge in [-0.05, 0) is 0 Å². The van der Waals surface area contributed by atoms with Crippen molar-refractivity contribution < 1.29 is 16.8 Å². The number of hydrogen-bond acceptors (Lipinski definition) is 7. The fourth-order valence-electron chi connectivity index (χ4n) is 0.625. The first-order valence-electron chi connectivity index (χ1n) is 3.30. The Kier molecular flexibility index (Phi) is 2.54. The molecule has 0 atom stereocenters. The molecule has 0 saturated heterocycles. The molecule has 0 aliphatic heterocycles. The van der Waals surface area contributed by atoms with E-state index in [4.69, 9.17) is 0 Å². The van der Waals surface area contributed by atoms with Crippen molar-refractivity contribution in [2.24, 2.45) is 0 Å². The molecule has 9 heteroatoms. The quantitative estimate of drug-likeness (QED) is 0.627. The van der Waals surface area contributed by atoms with E-state index < -0.39 is 30.0 Å². The minimum absolute atomic E-state index is 0.548. The average molecular weight is 237 g/mol. The Bertz CT molecular complexity index is 501. The minimum Gasteiger partial charge on any atom is -0.221 e. The zero-order chi connectivity index (χ0) is 11.0. The van der Waals surface area contributed by atoms with Crippen LogP contribution < -0.4 is 0 Å². The lowest BCUT2D eigenvalue weighted by Gasteiger charge is -1.97. The topological polar surface area (TPSA) is 107 Å². The van der Waals surface area contributed by atoms with Crippen molar-refractivity contribution in [3.05, 3.63) is 6.33 Å². The van der Waals surface area contributed by atoms with Gasteiger partial charge in [0.05, 0.1) is 0 Å². The Hall–Kier alpha value is -1.09. The predicted octanol–water partition coefficient (Wildman–Crippen LogP) is -1.32. The lowest BCUT2D eigenvalue weighted by molar-refractivity contribution is 0.576. The Morgan fingerprint density at radius 3 is 1.57 bits per heavy atom. The molecule has 0 aromatic carbocycles. The fraction of sp³-hybridized carbons (Fsp3) is 0.400. The van der Waals surface area contributed by atoms with Crippen molar-refractivity contribution in [1.82, 2.24) is 15.0 Å². The highest BCUT2D eigenvalue weighted by atomic mass is 32.2. The maximum absolute atomic E-state index is 11.0. The van der Waals surface area contributed by atoms with Crippen LogP contribution in [0.5, 0.6) is 0 Å². The molecule has 1 aromatic rings. The van der Waals surface area contributed by atoms with E-state index in [-0.39, 0.29) is 0 Å². The lowest BCUT2D eigenvalue weighted by Crippen LogP contribution is -2.10. The zero-order valence-corrected chi connectivity index (χ0v) is 9.00. The molecule has 0 aliphatic rings. The summed E-state index contributed by atoms with van der Waals surface area (Å²) in [5.41, 5.74) is 0. The summed E-state index contributed by atoms with van der Waals surface area (Å²) in [5.74, 6) is 0. The number of aromatic nitrogens is 3. The monoisotopic (exact) mass is 237 g/mol. The van der Waals surface area contributed by atoms with Gasteiger partial charge in [-0.3, -0.25) is 0 Å². The summed E-state index contributed by atoms with van der Waals surface area (Å²) in [6, 6.07) is 0. The molecule has 0 aliphatic carbocycles. The number of hydrogen-bond donors (Lipinski definition) is 0. The lowest BCUT2D eigenvalue weighted by atomic mass is 11.1. The van der Waals surface area contributed by atoms with Crippen LogP contribution in [0.2, 0.25) is 0 Å². The first-order chi connectivity index (χ1) is 6.21. The van der Waals surface area contributed by atoms with Crippen molar-refractivity contribution in [2.75, 3.05) is 12.5 Å². The molecule has 0 saturated carbocycles. The molecule has 0 bridgehead atoms. The van der Waals surface area contributed by atoms with E-state index in [1.807, 2.05) is 0 Å². The zero-order valence-electron chi connectivity index (χ0n) is 7.37. The number of nitrogens with zero attached hydrogens (tertiary/aromatic N) is 3. The highest BCUT2D eigenvalue weighted by Gasteiger charge is 2.17. The third kappa shape index (κ3) is 2.45. The van der Waals surface area contributed by atoms with E-state index in [9.17, 15) is 16.8 Å². The van der Waals surface area contributed by atoms with Crippen LogP contribution in [0.3, 0.4) is 0 Å². The second-order valence-electron chi connectivity index (χ2n) is 2.59. The van der Waals surface area contributed by atoms with Crippen LogP contribution in [-0.2, 0) is 19.7 Å². The van der Waals surface area contributed by atoms with Gasteiger partial charge in [-0.1, -0.05) is 0 Å². The molecular weight excluding hydrogens is 230 g/mol. The maximum Gasteiger partial charge on any atom is 0.250 e. The summed E-state index contributed by atoms with van der Waals surface area (Å²) in [4.78, 5) is 10.0. The minimum atomic E-state index is -3.61. The van der Waals surface area contributed by atoms with E-state index in [1.165, 1.54) is 0 Å². The Balaban J connectivity index is 3.44. The molecule has 0 fully saturated rings. The van der Waals surface area contributed by atoms with Gasteiger partial charge in [0, 0.05) is 12.5 Å². The van der Waals surface area contributed by atoms with Crippen LogP contribution in [0.15, 0.2) is 16.6 Å². The van der Waals surface area contributed by atoms with Crippen molar-refractivity contribution in [1.29, 1.82) is 0 Å². The van der Waals surface area contributed by atoms with Crippen LogP contribution in [0.4, 0.5) is 0 Å². The predicted molar refractivity (Wildman–Crippen MR) is 46.0 cm³/mol. The van der Waals surface area contributed by atoms with Gasteiger partial charge in [-0.25, -0.2) is 26.8 Å². The molecular formula is C5H7N3O4S2. The van der Waals surface area contributed by atoms with Gasteiger partial charge < -0.3 is 0 Å². The van der Waals surface area contributed by atoms with Crippen molar-refractivity contribution in [2.45, 2.75) is 10.3 Å². The molecule has 78 valence electrons. The van der Waals surface area contributed by atoms with Gasteiger partial charge in [0.2, 0.25) is 19.7 Å². The number of rotatable bonds is 2. The summed E-state index contributed by atoms with van der Waals surface area (Å²) in [6.07, 6.45) is 2.61. The first-order valence-corrected chi connectivity index (χ1v) is 7.09. The van der Waals surface area contributed by atoms with Crippen LogP contribution in [0.25, 0.3) is 0 Å². The normalized spacial score (nSPS) is 12.7. The molecule has 0 amide bonds. The highest BCUT2D eigenvalue weighted by Crippen LogP contribution is 2.04. The van der Waals surface area contributed by atoms with Gasteiger partial charge >= 0.3 is 0 Å². The average Bonchev–Trinajstić information content (AvgIpc) is 2.01. The Labute approximate surface area is 81.1 Å². The second-order valence-corrected chi connectivity index (χ2v) is 6.41. The van der Waals surface area contributed by atoms with Crippen LogP contribution in [0.1, 0.15) is 0 Å². The number of sulfone groups is 2. The largest absolute Gasteiger partial charge is 0.250 e. The van der Waals surface area contributed by atoms with Crippen molar-refractivity contribution >= 4 is 19.7 Å². The molecule has 0 N–H and O–H groups in total. The molecule has 1 aromatic heterocycles. The SMILES string of the molecule is CS(=O)(=O)c1ncnc(S(C)(=O)=O)n1. The molecule has 0 spiro atoms. The second kappa shape index (κ2) is 3.24. The fourth-order valence-corrected chi connectivity index (χ4v) is 1.66. The summed E-state index contributed by atoms with van der Waals surface area (Å²) >= 11 is 0. The molecule has 0 radical (unpaired) electrons. The van der Waals surface area contributed by atoms with Crippen molar-refractivity contribution in [3.63, 3.8) is 0 Å². The van der Waals surface area contributed by atoms with Crippen LogP contribution in [-0.4, -0.2) is 44.3 Å². The molecule has 1 heterocycles. The van der Waals surface area contributed by atoms with E-state index in [2.05, 4.69) is 15.0 Å². The van der Waals surface area contributed by atoms with Gasteiger partial charge in [-0.15, -0.1) is 0 Å². The van der Waals surface area contributed by atoms with Gasteiger partial charge in [0.1, 0.15) is 6.33 Å². The first kappa shape index (κ1) is 11.0. The smallest absolute Gasteiger partial charge is 0.221 e. The Morgan fingerprint density at radius 2 is 1.29 bits per heavy atom. The summed E-state index contributed by atoms with van der Waals surface area (Å²) in [5, 5.41) is -1.10. The maximum atomic E-state index is 11.0. The molecule has 0 unspecified atom stereocenters. The van der Waals surface area contributed by atoms with Gasteiger partial charge in [0.25, 0.3) is 10.3 Å². The van der Waals surface area contributed by atoms with E-state index >= 15 is 0 Å². The Morgan fingerprint density at radius 1 is 0.929 bits per heavy atom. The molecule has 14 heavy (non-hydrogen) atoms. The van der Waals surface area contributed by atoms with E-state index in [1.54, 1.807) is 0 Å².